The van der Waals surface area contributed by atoms with E-state index in [0.717, 1.165) is 26.9 Å². The van der Waals surface area contributed by atoms with E-state index in [1.807, 2.05) is 30.5 Å². The summed E-state index contributed by atoms with van der Waals surface area (Å²) in [5, 5.41) is 7.44. The number of likely N-dealkylation sites (N-methyl/N-ethyl adjacent to an activating group) is 1. The van der Waals surface area contributed by atoms with E-state index in [0.29, 0.717) is 15.7 Å². The summed E-state index contributed by atoms with van der Waals surface area (Å²) in [5.41, 5.74) is 6.21. The van der Waals surface area contributed by atoms with Gasteiger partial charge in [0.2, 0.25) is 15.9 Å². The van der Waals surface area contributed by atoms with Crippen LogP contribution in [0.15, 0.2) is 58.5 Å². The number of rotatable bonds is 8. The Labute approximate surface area is 219 Å². The fourth-order valence-corrected chi connectivity index (χ4v) is 4.95. The van der Waals surface area contributed by atoms with Crippen molar-refractivity contribution < 1.29 is 18.0 Å². The van der Waals surface area contributed by atoms with E-state index in [1.165, 1.54) is 44.5 Å². The molecule has 1 aromatic heterocycles. The molecular formula is C24H25Cl2N5O4S. The number of aromatic nitrogens is 1. The molecule has 3 rings (SSSR count). The zero-order valence-corrected chi connectivity index (χ0v) is 22.4. The first-order valence-electron chi connectivity index (χ1n) is 10.7. The second-order valence-corrected chi connectivity index (χ2v) is 10.9. The molecule has 3 aromatic rings. The van der Waals surface area contributed by atoms with Gasteiger partial charge in [-0.2, -0.15) is 9.41 Å². The van der Waals surface area contributed by atoms with Gasteiger partial charge in [0.25, 0.3) is 5.91 Å². The Balaban J connectivity index is 1.65. The molecule has 12 heteroatoms. The highest BCUT2D eigenvalue weighted by molar-refractivity contribution is 7.89. The number of anilines is 1. The number of benzene rings is 2. The second kappa shape index (κ2) is 11.3. The summed E-state index contributed by atoms with van der Waals surface area (Å²) >= 11 is 12.2. The van der Waals surface area contributed by atoms with Crippen LogP contribution in [0.2, 0.25) is 10.0 Å². The lowest BCUT2D eigenvalue weighted by Crippen LogP contribution is -2.36. The number of carbonyl (C=O) groups excluding carboxylic acids is 2. The molecule has 190 valence electrons. The van der Waals surface area contributed by atoms with Crippen LogP contribution in [0, 0.1) is 13.8 Å². The van der Waals surface area contributed by atoms with Crippen molar-refractivity contribution in [3.8, 4) is 5.69 Å². The molecule has 2 aromatic carbocycles. The Bertz CT molecular complexity index is 1430. The van der Waals surface area contributed by atoms with Crippen LogP contribution in [-0.4, -0.2) is 48.9 Å². The Morgan fingerprint density at radius 2 is 1.72 bits per heavy atom. The fraction of sp³-hybridized carbons (Fsp3) is 0.208. The lowest BCUT2D eigenvalue weighted by molar-refractivity contribution is -0.121. The van der Waals surface area contributed by atoms with Gasteiger partial charge in [-0.05, 0) is 62.4 Å². The zero-order chi connectivity index (χ0) is 26.6. The van der Waals surface area contributed by atoms with E-state index in [-0.39, 0.29) is 10.8 Å². The predicted molar refractivity (Wildman–Crippen MR) is 142 cm³/mol. The third kappa shape index (κ3) is 6.33. The van der Waals surface area contributed by atoms with Gasteiger partial charge in [-0.1, -0.05) is 23.2 Å². The maximum absolute atomic E-state index is 12.8. The summed E-state index contributed by atoms with van der Waals surface area (Å²) in [4.78, 5) is 23.4. The Kier molecular flexibility index (Phi) is 8.57. The minimum Gasteiger partial charge on any atom is -0.326 e. The molecule has 36 heavy (non-hydrogen) atoms. The topological polar surface area (TPSA) is 113 Å². The summed E-state index contributed by atoms with van der Waals surface area (Å²) in [5.74, 6) is -0.873. The van der Waals surface area contributed by atoms with E-state index in [1.54, 1.807) is 12.1 Å². The molecule has 0 radical (unpaired) electrons. The number of nitrogens with zero attached hydrogens (tertiary/aromatic N) is 3. The number of sulfonamides is 1. The van der Waals surface area contributed by atoms with Crippen LogP contribution in [0.1, 0.15) is 23.9 Å². The first-order valence-corrected chi connectivity index (χ1v) is 12.9. The van der Waals surface area contributed by atoms with Crippen molar-refractivity contribution in [1.82, 2.24) is 14.3 Å². The Hall–Kier alpha value is -3.18. The van der Waals surface area contributed by atoms with Crippen LogP contribution in [0.4, 0.5) is 5.69 Å². The van der Waals surface area contributed by atoms with E-state index in [4.69, 9.17) is 23.2 Å². The van der Waals surface area contributed by atoms with Crippen molar-refractivity contribution in [2.45, 2.75) is 25.7 Å². The minimum absolute atomic E-state index is 0.00912. The van der Waals surface area contributed by atoms with Gasteiger partial charge in [-0.3, -0.25) is 9.59 Å². The predicted octanol–water partition coefficient (Wildman–Crippen LogP) is 4.13. The SMILES string of the molecule is CC(=O)Nc1ccc(S(=O)(=O)N(C)CC(=O)N/N=C/c2cc(C)n(-c3ccc(Cl)c(Cl)c3)c2C)cc1. The molecule has 0 bridgehead atoms. The third-order valence-electron chi connectivity index (χ3n) is 5.27. The monoisotopic (exact) mass is 549 g/mol. The molecule has 0 aliphatic rings. The van der Waals surface area contributed by atoms with Gasteiger partial charge in [-0.25, -0.2) is 13.8 Å². The summed E-state index contributed by atoms with van der Waals surface area (Å²) in [6.45, 7) is 4.74. The maximum Gasteiger partial charge on any atom is 0.255 e. The molecule has 0 aliphatic carbocycles. The highest BCUT2D eigenvalue weighted by Crippen LogP contribution is 2.27. The third-order valence-corrected chi connectivity index (χ3v) is 7.83. The van der Waals surface area contributed by atoms with Crippen molar-refractivity contribution in [3.05, 3.63) is 75.5 Å². The highest BCUT2D eigenvalue weighted by Gasteiger charge is 2.23. The molecule has 2 N–H and O–H groups in total. The average molecular weight is 550 g/mol. The normalized spacial score (nSPS) is 11.8. The highest BCUT2D eigenvalue weighted by atomic mass is 35.5. The first kappa shape index (κ1) is 27.4. The van der Waals surface area contributed by atoms with Crippen LogP contribution in [0.3, 0.4) is 0 Å². The first-order chi connectivity index (χ1) is 16.9. The molecule has 9 nitrogen and oxygen atoms in total. The van der Waals surface area contributed by atoms with Gasteiger partial charge >= 0.3 is 0 Å². The number of hydrogen-bond acceptors (Lipinski definition) is 5. The number of carbonyl (C=O) groups is 2. The molecule has 1 heterocycles. The lowest BCUT2D eigenvalue weighted by Gasteiger charge is -2.16. The molecule has 0 spiro atoms. The van der Waals surface area contributed by atoms with Gasteiger partial charge in [0.15, 0.2) is 0 Å². The van der Waals surface area contributed by atoms with Crippen LogP contribution in [-0.2, 0) is 19.6 Å². The number of nitrogens with one attached hydrogen (secondary N) is 2. The van der Waals surface area contributed by atoms with E-state index in [2.05, 4.69) is 15.8 Å². The summed E-state index contributed by atoms with van der Waals surface area (Å²) < 4.78 is 28.4. The molecule has 0 atom stereocenters. The molecule has 0 saturated heterocycles. The standard InChI is InChI=1S/C24H25Cl2N5O4S/c1-15-11-18(16(2)31(15)20-7-10-22(25)23(26)12-20)13-27-29-24(33)14-30(4)36(34,35)21-8-5-19(6-9-21)28-17(3)32/h5-13H,14H2,1-4H3,(H,28,32)(H,29,33)/b27-13+. The van der Waals surface area contributed by atoms with Crippen molar-refractivity contribution >= 4 is 56.9 Å². The number of amides is 2. The second-order valence-electron chi connectivity index (χ2n) is 8.02. The van der Waals surface area contributed by atoms with Crippen molar-refractivity contribution in [3.63, 3.8) is 0 Å². The van der Waals surface area contributed by atoms with Gasteiger partial charge in [0.05, 0.1) is 27.7 Å². The molecule has 2 amide bonds. The lowest BCUT2D eigenvalue weighted by atomic mass is 10.2. The maximum atomic E-state index is 12.8. The van der Waals surface area contributed by atoms with Crippen LogP contribution in [0.5, 0.6) is 0 Å². The smallest absolute Gasteiger partial charge is 0.255 e. The number of aryl methyl sites for hydroxylation is 1. The van der Waals surface area contributed by atoms with Crippen LogP contribution < -0.4 is 10.7 Å². The molecule has 0 unspecified atom stereocenters. The summed E-state index contributed by atoms with van der Waals surface area (Å²) in [6.07, 6.45) is 1.49. The van der Waals surface area contributed by atoms with E-state index in [9.17, 15) is 18.0 Å². The molecule has 0 aliphatic heterocycles. The van der Waals surface area contributed by atoms with Gasteiger partial charge in [-0.15, -0.1) is 0 Å². The van der Waals surface area contributed by atoms with Crippen molar-refractivity contribution in [2.24, 2.45) is 5.10 Å². The molecule has 0 fully saturated rings. The van der Waals surface area contributed by atoms with Gasteiger partial charge < -0.3 is 9.88 Å². The quantitative estimate of drug-likeness (QED) is 0.324. The number of hydrogen-bond donors (Lipinski definition) is 2. The number of halogens is 2. The largest absolute Gasteiger partial charge is 0.326 e. The minimum atomic E-state index is -3.92. The number of hydrazone groups is 1. The average Bonchev–Trinajstić information content (AvgIpc) is 3.08. The molecular weight excluding hydrogens is 525 g/mol. The van der Waals surface area contributed by atoms with Crippen LogP contribution >= 0.6 is 23.2 Å². The van der Waals surface area contributed by atoms with Gasteiger partial charge in [0, 0.05) is 42.3 Å². The van der Waals surface area contributed by atoms with Crippen molar-refractivity contribution in [1.29, 1.82) is 0 Å². The summed E-state index contributed by atoms with van der Waals surface area (Å²) in [6, 6.07) is 12.9. The Morgan fingerprint density at radius 3 is 2.33 bits per heavy atom. The van der Waals surface area contributed by atoms with Crippen LogP contribution in [0.25, 0.3) is 5.69 Å². The van der Waals surface area contributed by atoms with Gasteiger partial charge in [0.1, 0.15) is 0 Å². The molecule has 0 saturated carbocycles. The summed E-state index contributed by atoms with van der Waals surface area (Å²) in [7, 11) is -2.62. The fourth-order valence-electron chi connectivity index (χ4n) is 3.53. The zero-order valence-electron chi connectivity index (χ0n) is 20.0. The Morgan fingerprint density at radius 1 is 1.06 bits per heavy atom. The van der Waals surface area contributed by atoms with E-state index < -0.39 is 22.5 Å². The van der Waals surface area contributed by atoms with E-state index >= 15 is 0 Å². The van der Waals surface area contributed by atoms with Crippen molar-refractivity contribution in [2.75, 3.05) is 18.9 Å².